The second kappa shape index (κ2) is 12.6. The minimum absolute atomic E-state index is 0.0566. The molecule has 1 aliphatic heterocycles. The number of amides is 1. The fourth-order valence-electron chi connectivity index (χ4n) is 4.48. The number of rotatable bonds is 12. The van der Waals surface area contributed by atoms with Gasteiger partial charge in [-0.05, 0) is 81.9 Å². The van der Waals surface area contributed by atoms with Crippen LogP contribution in [0.2, 0.25) is 0 Å². The second-order valence-electron chi connectivity index (χ2n) is 9.45. The van der Waals surface area contributed by atoms with E-state index >= 15 is 0 Å². The van der Waals surface area contributed by atoms with Crippen LogP contribution in [0.25, 0.3) is 5.76 Å². The van der Waals surface area contributed by atoms with E-state index in [4.69, 9.17) is 14.2 Å². The molecule has 1 N–H and O–H groups in total. The fraction of sp³-hybridized carbons (Fsp3) is 0.448. The third-order valence-corrected chi connectivity index (χ3v) is 6.47. The molecule has 0 saturated carbocycles. The number of carbonyl (C=O) groups is 2. The first-order valence-electron chi connectivity index (χ1n) is 12.6. The summed E-state index contributed by atoms with van der Waals surface area (Å²) in [5.41, 5.74) is 2.00. The molecule has 0 bridgehead atoms. The van der Waals surface area contributed by atoms with Gasteiger partial charge in [0, 0.05) is 12.1 Å². The maximum Gasteiger partial charge on any atom is 0.295 e. The van der Waals surface area contributed by atoms with Crippen molar-refractivity contribution < 1.29 is 28.9 Å². The number of carbonyl (C=O) groups excluding carboxylic acids is 2. The van der Waals surface area contributed by atoms with Crippen molar-refractivity contribution in [1.82, 2.24) is 9.80 Å². The highest BCUT2D eigenvalue weighted by Gasteiger charge is 2.46. The maximum absolute atomic E-state index is 13.3. The van der Waals surface area contributed by atoms with Crippen molar-refractivity contribution in [1.29, 1.82) is 0 Å². The number of aliphatic hydroxyl groups is 1. The molecule has 1 amide bonds. The molecule has 3 rings (SSSR count). The molecule has 8 nitrogen and oxygen atoms in total. The Morgan fingerprint density at radius 1 is 1.00 bits per heavy atom. The summed E-state index contributed by atoms with van der Waals surface area (Å²) >= 11 is 0. The van der Waals surface area contributed by atoms with E-state index in [-0.39, 0.29) is 11.3 Å². The van der Waals surface area contributed by atoms with E-state index < -0.39 is 17.7 Å². The van der Waals surface area contributed by atoms with Gasteiger partial charge < -0.3 is 29.1 Å². The minimum Gasteiger partial charge on any atom is -0.507 e. The number of aryl methyl sites for hydroxylation is 1. The smallest absolute Gasteiger partial charge is 0.295 e. The molecule has 1 fully saturated rings. The Morgan fingerprint density at radius 2 is 1.70 bits per heavy atom. The van der Waals surface area contributed by atoms with Crippen LogP contribution in [0.15, 0.2) is 42.0 Å². The molecule has 2 aromatic carbocycles. The first kappa shape index (κ1) is 28.1. The number of hydrogen-bond acceptors (Lipinski definition) is 7. The minimum atomic E-state index is -0.761. The molecule has 1 atom stereocenters. The average Bonchev–Trinajstić information content (AvgIpc) is 3.13. The summed E-state index contributed by atoms with van der Waals surface area (Å²) in [6.45, 7) is 5.72. The molecular formula is C29H38N2O6. The lowest BCUT2D eigenvalue weighted by Gasteiger charge is -2.26. The first-order chi connectivity index (χ1) is 17.7. The summed E-state index contributed by atoms with van der Waals surface area (Å²) in [5.74, 6) is 0.190. The lowest BCUT2D eigenvalue weighted by molar-refractivity contribution is -0.139. The topological polar surface area (TPSA) is 88.5 Å². The van der Waals surface area contributed by atoms with Crippen LogP contribution in [0, 0.1) is 6.92 Å². The molecule has 1 aliphatic rings. The quantitative estimate of drug-likeness (QED) is 0.194. The van der Waals surface area contributed by atoms with Gasteiger partial charge in [-0.3, -0.25) is 9.59 Å². The maximum atomic E-state index is 13.3. The van der Waals surface area contributed by atoms with Crippen LogP contribution in [0.4, 0.5) is 0 Å². The van der Waals surface area contributed by atoms with Gasteiger partial charge in [-0.25, -0.2) is 0 Å². The number of benzene rings is 2. The Bertz CT molecular complexity index is 1160. The number of ketones is 1. The van der Waals surface area contributed by atoms with Crippen LogP contribution in [-0.2, 0) is 9.59 Å². The first-order valence-corrected chi connectivity index (χ1v) is 12.6. The summed E-state index contributed by atoms with van der Waals surface area (Å²) in [6.07, 6.45) is 2.65. The van der Waals surface area contributed by atoms with E-state index in [1.807, 2.05) is 25.9 Å². The van der Waals surface area contributed by atoms with Crippen LogP contribution in [0.1, 0.15) is 48.9 Å². The van der Waals surface area contributed by atoms with Gasteiger partial charge in [0.05, 0.1) is 32.4 Å². The van der Waals surface area contributed by atoms with E-state index in [0.29, 0.717) is 42.2 Å². The van der Waals surface area contributed by atoms with Crippen molar-refractivity contribution >= 4 is 17.4 Å². The molecule has 0 radical (unpaired) electrons. The van der Waals surface area contributed by atoms with Crippen molar-refractivity contribution in [2.45, 2.75) is 39.2 Å². The highest BCUT2D eigenvalue weighted by atomic mass is 16.5. The summed E-state index contributed by atoms with van der Waals surface area (Å²) in [7, 11) is 6.99. The Balaban J connectivity index is 2.08. The average molecular weight is 511 g/mol. The van der Waals surface area contributed by atoms with Crippen LogP contribution < -0.4 is 14.2 Å². The molecule has 1 heterocycles. The van der Waals surface area contributed by atoms with Crippen LogP contribution in [-0.4, -0.2) is 74.6 Å². The van der Waals surface area contributed by atoms with Gasteiger partial charge in [-0.15, -0.1) is 0 Å². The zero-order chi connectivity index (χ0) is 27.1. The van der Waals surface area contributed by atoms with Crippen molar-refractivity contribution in [2.24, 2.45) is 0 Å². The fourth-order valence-corrected chi connectivity index (χ4v) is 4.48. The van der Waals surface area contributed by atoms with Gasteiger partial charge in [0.25, 0.3) is 11.7 Å². The van der Waals surface area contributed by atoms with E-state index in [9.17, 15) is 14.7 Å². The largest absolute Gasteiger partial charge is 0.507 e. The monoisotopic (exact) mass is 510 g/mol. The Kier molecular flexibility index (Phi) is 9.58. The Labute approximate surface area is 219 Å². The summed E-state index contributed by atoms with van der Waals surface area (Å²) in [5, 5.41) is 11.4. The lowest BCUT2D eigenvalue weighted by Crippen LogP contribution is -2.32. The van der Waals surface area contributed by atoms with Gasteiger partial charge in [0.2, 0.25) is 0 Å². The van der Waals surface area contributed by atoms with Crippen LogP contribution in [0.5, 0.6) is 17.2 Å². The van der Waals surface area contributed by atoms with Gasteiger partial charge in [-0.1, -0.05) is 19.4 Å². The lowest BCUT2D eigenvalue weighted by atomic mass is 9.94. The molecule has 0 spiro atoms. The molecule has 0 aliphatic carbocycles. The van der Waals surface area contributed by atoms with Crippen LogP contribution >= 0.6 is 0 Å². The van der Waals surface area contributed by atoms with E-state index in [1.54, 1.807) is 43.5 Å². The standard InChI is InChI=1S/C29H38N2O6/c1-7-8-16-37-22-12-11-21(17-19(22)2)27(32)25-26(20-10-13-23(35-5)24(18-20)36-6)31(29(34)28(25)33)15-9-14-30(3)4/h10-13,17-18,26,32H,7-9,14-16H2,1-6H3/b27-25+/t26-/m1/s1. The van der Waals surface area contributed by atoms with Crippen molar-refractivity contribution in [3.8, 4) is 17.2 Å². The molecule has 8 heteroatoms. The molecule has 0 unspecified atom stereocenters. The molecule has 200 valence electrons. The van der Waals surface area contributed by atoms with Gasteiger partial charge >= 0.3 is 0 Å². The summed E-state index contributed by atoms with van der Waals surface area (Å²) < 4.78 is 16.7. The summed E-state index contributed by atoms with van der Waals surface area (Å²) in [4.78, 5) is 30.1. The van der Waals surface area contributed by atoms with Crippen molar-refractivity contribution in [3.05, 3.63) is 58.7 Å². The van der Waals surface area contributed by atoms with E-state index in [2.05, 4.69) is 6.92 Å². The number of ether oxygens (including phenoxy) is 3. The molecular weight excluding hydrogens is 472 g/mol. The predicted molar refractivity (Wildman–Crippen MR) is 143 cm³/mol. The zero-order valence-corrected chi connectivity index (χ0v) is 22.7. The number of nitrogens with zero attached hydrogens (tertiary/aromatic N) is 2. The highest BCUT2D eigenvalue weighted by Crippen LogP contribution is 2.42. The van der Waals surface area contributed by atoms with Crippen LogP contribution in [0.3, 0.4) is 0 Å². The summed E-state index contributed by atoms with van der Waals surface area (Å²) in [6, 6.07) is 9.80. The van der Waals surface area contributed by atoms with E-state index in [0.717, 1.165) is 30.7 Å². The number of methoxy groups -OCH3 is 2. The third kappa shape index (κ3) is 6.25. The Morgan fingerprint density at radius 3 is 2.32 bits per heavy atom. The Hall–Kier alpha value is -3.52. The zero-order valence-electron chi connectivity index (χ0n) is 22.7. The van der Waals surface area contributed by atoms with E-state index in [1.165, 1.54) is 12.0 Å². The molecule has 1 saturated heterocycles. The normalized spacial score (nSPS) is 16.9. The van der Waals surface area contributed by atoms with Gasteiger partial charge in [0.15, 0.2) is 11.5 Å². The number of aliphatic hydroxyl groups excluding tert-OH is 1. The molecule has 0 aromatic heterocycles. The number of hydrogen-bond donors (Lipinski definition) is 1. The highest BCUT2D eigenvalue weighted by molar-refractivity contribution is 6.46. The third-order valence-electron chi connectivity index (χ3n) is 6.47. The number of unbranched alkanes of at least 4 members (excludes halogenated alkanes) is 1. The van der Waals surface area contributed by atoms with Crippen molar-refractivity contribution in [3.63, 3.8) is 0 Å². The number of likely N-dealkylation sites (tertiary alicyclic amines) is 1. The van der Waals surface area contributed by atoms with Gasteiger partial charge in [0.1, 0.15) is 11.5 Å². The predicted octanol–water partition coefficient (Wildman–Crippen LogP) is 4.56. The SMILES string of the molecule is CCCCOc1ccc(/C(O)=C2\C(=O)C(=O)N(CCCN(C)C)[C@@H]2c2ccc(OC)c(OC)c2)cc1C. The van der Waals surface area contributed by atoms with Crippen molar-refractivity contribution in [2.75, 3.05) is 48.0 Å². The number of Topliss-reactive ketones (excluding diaryl/α,β-unsaturated/α-hetero) is 1. The second-order valence-corrected chi connectivity index (χ2v) is 9.45. The molecule has 2 aromatic rings. The molecule has 37 heavy (non-hydrogen) atoms. The van der Waals surface area contributed by atoms with Gasteiger partial charge in [-0.2, -0.15) is 0 Å².